The van der Waals surface area contributed by atoms with Gasteiger partial charge in [-0.15, -0.1) is 0 Å². The van der Waals surface area contributed by atoms with Crippen molar-refractivity contribution in [3.05, 3.63) is 70.8 Å². The first-order valence-electron chi connectivity index (χ1n) is 8.76. The summed E-state index contributed by atoms with van der Waals surface area (Å²) in [5.74, 6) is -15.6. The van der Waals surface area contributed by atoms with Crippen molar-refractivity contribution < 1.29 is 53.4 Å². The maximum absolute atomic E-state index is 14.6. The van der Waals surface area contributed by atoms with Gasteiger partial charge in [0.25, 0.3) is 0 Å². The van der Waals surface area contributed by atoms with Gasteiger partial charge < -0.3 is 20.9 Å². The lowest BCUT2D eigenvalue weighted by Gasteiger charge is -2.23. The number of benzene rings is 3. The van der Waals surface area contributed by atoms with Crippen LogP contribution in [0.4, 0.5) is 55.3 Å². The number of alkyl halides is 6. The lowest BCUT2D eigenvalue weighted by atomic mass is 10.0. The van der Waals surface area contributed by atoms with Gasteiger partial charge >= 0.3 is 12.4 Å². The molecule has 14 heteroatoms. The van der Waals surface area contributed by atoms with Crippen molar-refractivity contribution >= 4 is 11.4 Å². The highest BCUT2D eigenvalue weighted by Gasteiger charge is 2.50. The summed E-state index contributed by atoms with van der Waals surface area (Å²) in [6.45, 7) is 0. The Morgan fingerprint density at radius 1 is 0.559 bits per heavy atom. The van der Waals surface area contributed by atoms with Gasteiger partial charge in [0.2, 0.25) is 5.82 Å². The number of nitrogen functional groups attached to an aromatic ring is 2. The van der Waals surface area contributed by atoms with Gasteiger partial charge in [0.1, 0.15) is 11.1 Å². The molecule has 3 aromatic carbocycles. The summed E-state index contributed by atoms with van der Waals surface area (Å²) in [7, 11) is 0. The summed E-state index contributed by atoms with van der Waals surface area (Å²) in [4.78, 5) is 0. The van der Waals surface area contributed by atoms with E-state index in [-0.39, 0.29) is 11.4 Å². The zero-order valence-corrected chi connectivity index (χ0v) is 16.2. The number of nitrogens with two attached hydrogens (primary N) is 2. The molecule has 0 unspecified atom stereocenters. The molecule has 0 aromatic heterocycles. The van der Waals surface area contributed by atoms with Crippen LogP contribution in [0.25, 0.3) is 0 Å². The summed E-state index contributed by atoms with van der Waals surface area (Å²) in [5.41, 5.74) is 4.57. The lowest BCUT2D eigenvalue weighted by Crippen LogP contribution is -2.19. The highest BCUT2D eigenvalue weighted by Crippen LogP contribution is 2.53. The second-order valence-electron chi connectivity index (χ2n) is 6.62. The number of halogens is 10. The van der Waals surface area contributed by atoms with E-state index in [4.69, 9.17) is 11.5 Å². The highest BCUT2D eigenvalue weighted by atomic mass is 19.4. The molecule has 4 nitrogen and oxygen atoms in total. The Bertz CT molecular complexity index is 1260. The average molecular weight is 500 g/mol. The van der Waals surface area contributed by atoms with Crippen LogP contribution in [0.1, 0.15) is 11.1 Å². The molecule has 3 aromatic rings. The standard InChI is InChI=1S/C20H10F10N2O2/c21-9-3-1-7(31)5-11(9)33-17-13(19(25,26)27)15(23)16(24)18(14(17)20(28,29)30)34-12-6-8(32)2-4-10(12)22/h1-6H,31-32H2. The fourth-order valence-corrected chi connectivity index (χ4v) is 2.77. The van der Waals surface area contributed by atoms with E-state index >= 15 is 0 Å². The van der Waals surface area contributed by atoms with Crippen LogP contribution in [-0.2, 0) is 12.4 Å². The van der Waals surface area contributed by atoms with E-state index in [9.17, 15) is 43.9 Å². The van der Waals surface area contributed by atoms with Crippen LogP contribution < -0.4 is 20.9 Å². The number of rotatable bonds is 4. The molecule has 0 aliphatic carbocycles. The van der Waals surface area contributed by atoms with Crippen LogP contribution in [0, 0.1) is 23.3 Å². The molecule has 0 amide bonds. The molecule has 0 radical (unpaired) electrons. The minimum absolute atomic E-state index is 0.295. The molecule has 4 N–H and O–H groups in total. The average Bonchev–Trinajstić information content (AvgIpc) is 2.69. The summed E-state index contributed by atoms with van der Waals surface area (Å²) >= 11 is 0. The van der Waals surface area contributed by atoms with Gasteiger partial charge in [0.05, 0.1) is 0 Å². The number of ether oxygens (including phenoxy) is 2. The Balaban J connectivity index is 2.41. The predicted octanol–water partition coefficient (Wildman–Crippen LogP) is 7.03. The van der Waals surface area contributed by atoms with E-state index in [1.807, 2.05) is 0 Å². The summed E-state index contributed by atoms with van der Waals surface area (Å²) in [5, 5.41) is 0. The molecule has 0 atom stereocenters. The molecule has 0 fully saturated rings. The maximum Gasteiger partial charge on any atom is 0.423 e. The van der Waals surface area contributed by atoms with Gasteiger partial charge in [0, 0.05) is 23.5 Å². The molecule has 182 valence electrons. The third-order valence-corrected chi connectivity index (χ3v) is 4.19. The van der Waals surface area contributed by atoms with Crippen LogP contribution in [0.2, 0.25) is 0 Å². The fourth-order valence-electron chi connectivity index (χ4n) is 2.77. The minimum atomic E-state index is -5.96. The quantitative estimate of drug-likeness (QED) is 0.298. The number of hydrogen-bond acceptors (Lipinski definition) is 4. The lowest BCUT2D eigenvalue weighted by molar-refractivity contribution is -0.147. The van der Waals surface area contributed by atoms with Crippen molar-refractivity contribution in [2.24, 2.45) is 0 Å². The molecule has 0 bridgehead atoms. The zero-order chi connectivity index (χ0) is 25.6. The molecule has 0 heterocycles. The second kappa shape index (κ2) is 8.50. The van der Waals surface area contributed by atoms with Gasteiger partial charge in [0.15, 0.2) is 40.4 Å². The third-order valence-electron chi connectivity index (χ3n) is 4.19. The number of hydrogen-bond donors (Lipinski definition) is 2. The Kier molecular flexibility index (Phi) is 6.20. The van der Waals surface area contributed by atoms with Crippen molar-refractivity contribution in [1.82, 2.24) is 0 Å². The van der Waals surface area contributed by atoms with E-state index in [1.165, 1.54) is 0 Å². The molecule has 0 saturated heterocycles. The maximum atomic E-state index is 14.6. The van der Waals surface area contributed by atoms with Crippen LogP contribution >= 0.6 is 0 Å². The Morgan fingerprint density at radius 2 is 0.971 bits per heavy atom. The Labute approximate surface area is 183 Å². The van der Waals surface area contributed by atoms with Crippen molar-refractivity contribution in [3.8, 4) is 23.0 Å². The first-order valence-corrected chi connectivity index (χ1v) is 8.76. The summed E-state index contributed by atoms with van der Waals surface area (Å²) in [6, 6.07) is 4.06. The number of anilines is 2. The Morgan fingerprint density at radius 3 is 1.38 bits per heavy atom. The minimum Gasteiger partial charge on any atom is -0.453 e. The molecule has 0 aliphatic heterocycles. The van der Waals surface area contributed by atoms with E-state index in [0.29, 0.717) is 24.3 Å². The van der Waals surface area contributed by atoms with E-state index < -0.39 is 69.7 Å². The largest absolute Gasteiger partial charge is 0.453 e. The topological polar surface area (TPSA) is 70.5 Å². The summed E-state index contributed by atoms with van der Waals surface area (Å²) < 4.78 is 148. The molecular formula is C20H10F10N2O2. The molecule has 3 rings (SSSR count). The molecule has 0 saturated carbocycles. The van der Waals surface area contributed by atoms with Gasteiger partial charge in [-0.1, -0.05) is 0 Å². The van der Waals surface area contributed by atoms with Crippen LogP contribution in [0.5, 0.6) is 23.0 Å². The van der Waals surface area contributed by atoms with E-state index in [0.717, 1.165) is 12.1 Å². The highest BCUT2D eigenvalue weighted by molar-refractivity contribution is 5.58. The van der Waals surface area contributed by atoms with Crippen molar-refractivity contribution in [3.63, 3.8) is 0 Å². The van der Waals surface area contributed by atoms with Gasteiger partial charge in [-0.3, -0.25) is 0 Å². The van der Waals surface area contributed by atoms with Gasteiger partial charge in [-0.25, -0.2) is 13.2 Å². The van der Waals surface area contributed by atoms with Crippen LogP contribution in [0.15, 0.2) is 36.4 Å². The van der Waals surface area contributed by atoms with E-state index in [2.05, 4.69) is 9.47 Å². The monoisotopic (exact) mass is 500 g/mol. The summed E-state index contributed by atoms with van der Waals surface area (Å²) in [6.07, 6.45) is -11.9. The van der Waals surface area contributed by atoms with Gasteiger partial charge in [-0.2, -0.15) is 30.7 Å². The van der Waals surface area contributed by atoms with Gasteiger partial charge in [-0.05, 0) is 24.3 Å². The molecule has 34 heavy (non-hydrogen) atoms. The van der Waals surface area contributed by atoms with Crippen molar-refractivity contribution in [2.75, 3.05) is 11.5 Å². The fraction of sp³-hybridized carbons (Fsp3) is 0.100. The normalized spacial score (nSPS) is 12.1. The van der Waals surface area contributed by atoms with E-state index in [1.54, 1.807) is 0 Å². The molecule has 0 spiro atoms. The van der Waals surface area contributed by atoms with Crippen LogP contribution in [0.3, 0.4) is 0 Å². The van der Waals surface area contributed by atoms with Crippen molar-refractivity contribution in [2.45, 2.75) is 12.4 Å². The first-order chi connectivity index (χ1) is 15.6. The molecule has 0 aliphatic rings. The zero-order valence-electron chi connectivity index (χ0n) is 16.2. The first kappa shape index (κ1) is 24.8. The van der Waals surface area contributed by atoms with Crippen LogP contribution in [-0.4, -0.2) is 0 Å². The predicted molar refractivity (Wildman–Crippen MR) is 98.1 cm³/mol. The SMILES string of the molecule is Nc1ccc(F)c(Oc2c(F)c(F)c(C(F)(F)F)c(Oc3cc(N)ccc3F)c2C(F)(F)F)c1. The second-order valence-corrected chi connectivity index (χ2v) is 6.62. The Hall–Kier alpha value is -3.84. The smallest absolute Gasteiger partial charge is 0.423 e. The third kappa shape index (κ3) is 4.75. The van der Waals surface area contributed by atoms with Crippen molar-refractivity contribution in [1.29, 1.82) is 0 Å². The molecular weight excluding hydrogens is 490 g/mol.